The monoisotopic (exact) mass is 244 g/mol. The van der Waals surface area contributed by atoms with Crippen molar-refractivity contribution in [2.75, 3.05) is 26.7 Å². The summed E-state index contributed by atoms with van der Waals surface area (Å²) in [6.07, 6.45) is 0.297. The van der Waals surface area contributed by atoms with E-state index in [1.165, 1.54) is 4.90 Å². The Hall–Kier alpha value is -1.30. The van der Waals surface area contributed by atoms with E-state index in [4.69, 9.17) is 5.11 Å². The summed E-state index contributed by atoms with van der Waals surface area (Å²) in [6.45, 7) is 3.01. The van der Waals surface area contributed by atoms with E-state index in [1.807, 2.05) is 0 Å². The average Bonchev–Trinajstić information content (AvgIpc) is 2.62. The Bertz CT molecular complexity index is 293. The van der Waals surface area contributed by atoms with Gasteiger partial charge in [-0.2, -0.15) is 0 Å². The second-order valence-corrected chi connectivity index (χ2v) is 4.71. The number of aliphatic carboxylic acids is 1. The summed E-state index contributed by atoms with van der Waals surface area (Å²) in [5, 5.41) is 17.9. The number of aliphatic hydroxyl groups is 1. The van der Waals surface area contributed by atoms with E-state index in [1.54, 1.807) is 18.9 Å². The molecule has 0 aliphatic carbocycles. The molecule has 0 aromatic heterocycles. The van der Waals surface area contributed by atoms with Gasteiger partial charge in [-0.1, -0.05) is 0 Å². The molecule has 0 aromatic rings. The van der Waals surface area contributed by atoms with E-state index < -0.39 is 12.1 Å². The molecule has 0 bridgehead atoms. The number of nitrogens with zero attached hydrogens (tertiary/aromatic N) is 2. The lowest BCUT2D eigenvalue weighted by Gasteiger charge is -2.25. The van der Waals surface area contributed by atoms with Crippen molar-refractivity contribution in [1.29, 1.82) is 0 Å². The average molecular weight is 244 g/mol. The van der Waals surface area contributed by atoms with Crippen molar-refractivity contribution >= 4 is 12.0 Å². The molecule has 0 radical (unpaired) electrons. The molecular formula is C11H20N2O4. The molecule has 1 heterocycles. The van der Waals surface area contributed by atoms with Crippen LogP contribution in [-0.2, 0) is 4.79 Å². The third kappa shape index (κ3) is 4.22. The first-order valence-electron chi connectivity index (χ1n) is 5.80. The lowest BCUT2D eigenvalue weighted by atomic mass is 10.1. The first-order chi connectivity index (χ1) is 7.90. The van der Waals surface area contributed by atoms with Gasteiger partial charge in [-0.25, -0.2) is 4.79 Å². The normalized spacial score (nSPS) is 21.4. The second kappa shape index (κ2) is 5.86. The molecule has 0 spiro atoms. The fourth-order valence-electron chi connectivity index (χ4n) is 2.14. The molecule has 2 atom stereocenters. The van der Waals surface area contributed by atoms with E-state index in [2.05, 4.69) is 0 Å². The predicted octanol–water partition coefficient (Wildman–Crippen LogP) is 0.216. The Kier molecular flexibility index (Phi) is 4.74. The van der Waals surface area contributed by atoms with Gasteiger partial charge in [-0.3, -0.25) is 4.79 Å². The standard InChI is InChI=1S/C11H20N2O4/c1-8(14)6-12(2)11(17)13-4-3-9(7-13)5-10(15)16/h8-9,14H,3-7H2,1-2H3,(H,15,16). The van der Waals surface area contributed by atoms with Crippen molar-refractivity contribution in [3.05, 3.63) is 0 Å². The number of hydrogen-bond donors (Lipinski definition) is 2. The van der Waals surface area contributed by atoms with Crippen LogP contribution in [0.2, 0.25) is 0 Å². The van der Waals surface area contributed by atoms with E-state index in [-0.39, 0.29) is 18.4 Å². The molecule has 0 saturated carbocycles. The van der Waals surface area contributed by atoms with Gasteiger partial charge in [0.25, 0.3) is 0 Å². The van der Waals surface area contributed by atoms with Crippen LogP contribution in [0.4, 0.5) is 4.79 Å². The van der Waals surface area contributed by atoms with Crippen LogP contribution >= 0.6 is 0 Å². The molecule has 0 aromatic carbocycles. The highest BCUT2D eigenvalue weighted by molar-refractivity contribution is 5.74. The number of urea groups is 1. The van der Waals surface area contributed by atoms with Crippen LogP contribution in [0.25, 0.3) is 0 Å². The molecule has 6 nitrogen and oxygen atoms in total. The summed E-state index contributed by atoms with van der Waals surface area (Å²) >= 11 is 0. The lowest BCUT2D eigenvalue weighted by molar-refractivity contribution is -0.138. The first-order valence-corrected chi connectivity index (χ1v) is 5.80. The van der Waals surface area contributed by atoms with Gasteiger partial charge in [-0.05, 0) is 19.3 Å². The van der Waals surface area contributed by atoms with Crippen molar-refractivity contribution in [1.82, 2.24) is 9.80 Å². The molecule has 2 N–H and O–H groups in total. The number of carbonyl (C=O) groups is 2. The smallest absolute Gasteiger partial charge is 0.319 e. The van der Waals surface area contributed by atoms with Crippen molar-refractivity contribution in [3.8, 4) is 0 Å². The highest BCUT2D eigenvalue weighted by atomic mass is 16.4. The minimum absolute atomic E-state index is 0.0522. The molecule has 1 fully saturated rings. The molecule has 2 amide bonds. The number of hydrogen-bond acceptors (Lipinski definition) is 3. The van der Waals surface area contributed by atoms with Crippen molar-refractivity contribution in [2.24, 2.45) is 5.92 Å². The zero-order valence-electron chi connectivity index (χ0n) is 10.3. The number of carboxylic acid groups (broad SMARTS) is 1. The fraction of sp³-hybridized carbons (Fsp3) is 0.818. The van der Waals surface area contributed by atoms with Gasteiger partial charge in [0.15, 0.2) is 0 Å². The summed E-state index contributed by atoms with van der Waals surface area (Å²) in [6, 6.07) is -0.140. The number of amides is 2. The topological polar surface area (TPSA) is 81.1 Å². The first kappa shape index (κ1) is 13.8. The van der Waals surface area contributed by atoms with Crippen LogP contribution in [0.5, 0.6) is 0 Å². The molecule has 1 aliphatic heterocycles. The number of likely N-dealkylation sites (N-methyl/N-ethyl adjacent to an activating group) is 1. The summed E-state index contributed by atoms with van der Waals surface area (Å²) in [5.41, 5.74) is 0. The zero-order chi connectivity index (χ0) is 13.0. The summed E-state index contributed by atoms with van der Waals surface area (Å²) in [7, 11) is 1.64. The Balaban J connectivity index is 2.42. The van der Waals surface area contributed by atoms with E-state index in [0.29, 0.717) is 19.6 Å². The van der Waals surface area contributed by atoms with Crippen LogP contribution in [0, 0.1) is 5.92 Å². The molecule has 1 rings (SSSR count). The van der Waals surface area contributed by atoms with Crippen LogP contribution in [0.1, 0.15) is 19.8 Å². The second-order valence-electron chi connectivity index (χ2n) is 4.71. The minimum Gasteiger partial charge on any atom is -0.481 e. The maximum absolute atomic E-state index is 11.9. The predicted molar refractivity (Wildman–Crippen MR) is 61.6 cm³/mol. The fourth-order valence-corrected chi connectivity index (χ4v) is 2.14. The van der Waals surface area contributed by atoms with Gasteiger partial charge in [0.2, 0.25) is 0 Å². The Labute approximate surface area is 101 Å². The summed E-state index contributed by atoms with van der Waals surface area (Å²) in [4.78, 5) is 25.6. The van der Waals surface area contributed by atoms with Crippen LogP contribution in [0.15, 0.2) is 0 Å². The van der Waals surface area contributed by atoms with Crippen molar-refractivity contribution in [3.63, 3.8) is 0 Å². The molecule has 6 heteroatoms. The van der Waals surface area contributed by atoms with Gasteiger partial charge in [-0.15, -0.1) is 0 Å². The van der Waals surface area contributed by atoms with E-state index >= 15 is 0 Å². The van der Waals surface area contributed by atoms with E-state index in [9.17, 15) is 14.7 Å². The van der Waals surface area contributed by atoms with Crippen LogP contribution in [0.3, 0.4) is 0 Å². The SMILES string of the molecule is CC(O)CN(C)C(=O)N1CCC(CC(=O)O)C1. The number of rotatable bonds is 4. The number of likely N-dealkylation sites (tertiary alicyclic amines) is 1. The largest absolute Gasteiger partial charge is 0.481 e. The number of aliphatic hydroxyl groups excluding tert-OH is 1. The maximum Gasteiger partial charge on any atom is 0.319 e. The van der Waals surface area contributed by atoms with Crippen molar-refractivity contribution in [2.45, 2.75) is 25.9 Å². The van der Waals surface area contributed by atoms with Crippen LogP contribution in [-0.4, -0.2) is 64.8 Å². The quantitative estimate of drug-likeness (QED) is 0.741. The minimum atomic E-state index is -0.818. The lowest BCUT2D eigenvalue weighted by Crippen LogP contribution is -2.42. The van der Waals surface area contributed by atoms with Crippen LogP contribution < -0.4 is 0 Å². The maximum atomic E-state index is 11.9. The highest BCUT2D eigenvalue weighted by Crippen LogP contribution is 2.20. The summed E-state index contributed by atoms with van der Waals surface area (Å²) < 4.78 is 0. The third-order valence-electron chi connectivity index (χ3n) is 2.88. The van der Waals surface area contributed by atoms with Crippen molar-refractivity contribution < 1.29 is 19.8 Å². The van der Waals surface area contributed by atoms with Gasteiger partial charge in [0, 0.05) is 33.1 Å². The third-order valence-corrected chi connectivity index (χ3v) is 2.88. The Morgan fingerprint density at radius 3 is 2.71 bits per heavy atom. The van der Waals surface area contributed by atoms with Gasteiger partial charge >= 0.3 is 12.0 Å². The highest BCUT2D eigenvalue weighted by Gasteiger charge is 2.29. The summed E-state index contributed by atoms with van der Waals surface area (Å²) in [5.74, 6) is -0.766. The number of carbonyl (C=O) groups excluding carboxylic acids is 1. The Morgan fingerprint density at radius 2 is 2.18 bits per heavy atom. The van der Waals surface area contributed by atoms with Gasteiger partial charge < -0.3 is 20.0 Å². The molecule has 2 unspecified atom stereocenters. The van der Waals surface area contributed by atoms with Gasteiger partial charge in [0.1, 0.15) is 0 Å². The molecule has 98 valence electrons. The zero-order valence-corrected chi connectivity index (χ0v) is 10.3. The molecule has 1 aliphatic rings. The molecular weight excluding hydrogens is 224 g/mol. The Morgan fingerprint density at radius 1 is 1.53 bits per heavy atom. The molecule has 1 saturated heterocycles. The number of carboxylic acids is 1. The van der Waals surface area contributed by atoms with E-state index in [0.717, 1.165) is 6.42 Å². The van der Waals surface area contributed by atoms with Gasteiger partial charge in [0.05, 0.1) is 6.10 Å². The molecule has 17 heavy (non-hydrogen) atoms.